The van der Waals surface area contributed by atoms with Crippen molar-refractivity contribution in [2.24, 2.45) is 0 Å². The van der Waals surface area contributed by atoms with E-state index in [0.29, 0.717) is 0 Å². The lowest BCUT2D eigenvalue weighted by Gasteiger charge is -2.08. The first-order valence-corrected chi connectivity index (χ1v) is 5.84. The molecule has 0 amide bonds. The van der Waals surface area contributed by atoms with Crippen molar-refractivity contribution in [3.8, 4) is 11.8 Å². The highest BCUT2D eigenvalue weighted by atomic mass is 19.1. The Balaban J connectivity index is 2.67. The van der Waals surface area contributed by atoms with Crippen LogP contribution >= 0.6 is 0 Å². The van der Waals surface area contributed by atoms with Gasteiger partial charge in [0.05, 0.1) is 23.3 Å². The van der Waals surface area contributed by atoms with Gasteiger partial charge in [-0.15, -0.1) is 0 Å². The van der Waals surface area contributed by atoms with Gasteiger partial charge in [-0.25, -0.2) is 4.79 Å². The first-order chi connectivity index (χ1) is 10.4. The third kappa shape index (κ3) is 2.33. The predicted octanol–water partition coefficient (Wildman–Crippen LogP) is 1.77. The maximum atomic E-state index is 13.7. The lowest BCUT2D eigenvalue weighted by atomic mass is 10.2. The molecule has 112 valence electrons. The van der Waals surface area contributed by atoms with E-state index in [4.69, 9.17) is 11.0 Å². The molecule has 2 aromatic rings. The predicted molar refractivity (Wildman–Crippen MR) is 72.8 cm³/mol. The molecule has 0 bridgehead atoms. The summed E-state index contributed by atoms with van der Waals surface area (Å²) in [4.78, 5) is 21.5. The van der Waals surface area contributed by atoms with Crippen LogP contribution in [0.15, 0.2) is 24.4 Å². The molecule has 22 heavy (non-hydrogen) atoms. The Kier molecular flexibility index (Phi) is 3.77. The molecule has 1 aromatic carbocycles. The van der Waals surface area contributed by atoms with Gasteiger partial charge in [0.15, 0.2) is 5.69 Å². The molecule has 0 aliphatic carbocycles. The van der Waals surface area contributed by atoms with Gasteiger partial charge in [0.2, 0.25) is 5.82 Å². The van der Waals surface area contributed by atoms with Gasteiger partial charge in [-0.3, -0.25) is 10.1 Å². The number of nitro benzene ring substituents is 1. The summed E-state index contributed by atoms with van der Waals surface area (Å²) in [6.07, 6.45) is 1.22. The summed E-state index contributed by atoms with van der Waals surface area (Å²) in [5.41, 5.74) is 4.81. The highest BCUT2D eigenvalue weighted by Gasteiger charge is 2.23. The number of hydrogen-bond acceptors (Lipinski definition) is 6. The summed E-state index contributed by atoms with van der Waals surface area (Å²) in [5, 5.41) is 19.6. The molecule has 8 nitrogen and oxygen atoms in total. The number of carbonyl (C=O) groups is 1. The van der Waals surface area contributed by atoms with E-state index in [9.17, 15) is 19.3 Å². The Morgan fingerprint density at radius 1 is 1.55 bits per heavy atom. The second kappa shape index (κ2) is 5.53. The number of nitriles is 1. The average Bonchev–Trinajstić information content (AvgIpc) is 2.82. The summed E-state index contributed by atoms with van der Waals surface area (Å²) in [7, 11) is 1.13. The molecule has 0 atom stereocenters. The molecule has 2 rings (SSSR count). The van der Waals surface area contributed by atoms with Crippen LogP contribution in [0.5, 0.6) is 0 Å². The molecule has 0 aliphatic rings. The van der Waals surface area contributed by atoms with E-state index in [1.54, 1.807) is 6.07 Å². The van der Waals surface area contributed by atoms with Gasteiger partial charge < -0.3 is 15.0 Å². The van der Waals surface area contributed by atoms with Crippen LogP contribution < -0.4 is 5.73 Å². The topological polar surface area (TPSA) is 124 Å². The Morgan fingerprint density at radius 2 is 2.23 bits per heavy atom. The van der Waals surface area contributed by atoms with Crippen LogP contribution in [0.4, 0.5) is 15.8 Å². The standard InChI is InChI=1S/C13H9FN4O4/c1-22-13(19)12-11(16)7(5-15)6-17(12)8-2-3-10(18(20)21)9(14)4-8/h2-4,6H,16H2,1H3. The van der Waals surface area contributed by atoms with Gasteiger partial charge in [0, 0.05) is 24.0 Å². The lowest BCUT2D eigenvalue weighted by molar-refractivity contribution is -0.387. The molecular formula is C13H9FN4O4. The third-order valence-electron chi connectivity index (χ3n) is 2.95. The number of benzene rings is 1. The molecule has 9 heteroatoms. The van der Waals surface area contributed by atoms with Gasteiger partial charge in [0.1, 0.15) is 6.07 Å². The maximum absolute atomic E-state index is 13.7. The van der Waals surface area contributed by atoms with Crippen molar-refractivity contribution >= 4 is 17.3 Å². The number of hydrogen-bond donors (Lipinski definition) is 1. The highest BCUT2D eigenvalue weighted by Crippen LogP contribution is 2.27. The highest BCUT2D eigenvalue weighted by molar-refractivity contribution is 5.95. The van der Waals surface area contributed by atoms with Gasteiger partial charge in [-0.1, -0.05) is 0 Å². The van der Waals surface area contributed by atoms with Crippen molar-refractivity contribution in [2.75, 3.05) is 12.8 Å². The Morgan fingerprint density at radius 3 is 2.73 bits per heavy atom. The minimum absolute atomic E-state index is 0.000777. The largest absolute Gasteiger partial charge is 0.464 e. The van der Waals surface area contributed by atoms with Crippen LogP contribution in [0.25, 0.3) is 5.69 Å². The number of nitro groups is 1. The van der Waals surface area contributed by atoms with Crippen LogP contribution in [-0.2, 0) is 4.74 Å². The number of ether oxygens (including phenoxy) is 1. The molecule has 2 N–H and O–H groups in total. The van der Waals surface area contributed by atoms with Crippen LogP contribution in [-0.4, -0.2) is 22.6 Å². The summed E-state index contributed by atoms with van der Waals surface area (Å²) < 4.78 is 19.4. The van der Waals surface area contributed by atoms with Gasteiger partial charge >= 0.3 is 11.7 Å². The molecule has 0 saturated carbocycles. The van der Waals surface area contributed by atoms with Gasteiger partial charge in [0.25, 0.3) is 0 Å². The smallest absolute Gasteiger partial charge is 0.357 e. The average molecular weight is 304 g/mol. The SMILES string of the molecule is COC(=O)c1c(N)c(C#N)cn1-c1ccc([N+](=O)[O-])c(F)c1. The molecule has 1 aromatic heterocycles. The number of nitrogen functional groups attached to an aromatic ring is 1. The van der Waals surface area contributed by atoms with Crippen LogP contribution in [0.2, 0.25) is 0 Å². The fourth-order valence-corrected chi connectivity index (χ4v) is 1.91. The number of halogens is 1. The number of anilines is 1. The molecular weight excluding hydrogens is 295 g/mol. The van der Waals surface area contributed by atoms with Crippen LogP contribution in [0.1, 0.15) is 16.1 Å². The summed E-state index contributed by atoms with van der Waals surface area (Å²) in [5.74, 6) is -1.90. The molecule has 0 spiro atoms. The van der Waals surface area contributed by atoms with Gasteiger partial charge in [-0.05, 0) is 6.07 Å². The van der Waals surface area contributed by atoms with Crippen LogP contribution in [0, 0.1) is 27.3 Å². The minimum atomic E-state index is -1.08. The molecule has 0 radical (unpaired) electrons. The number of nitrogens with two attached hydrogens (primary N) is 1. The third-order valence-corrected chi connectivity index (χ3v) is 2.95. The number of methoxy groups -OCH3 is 1. The van der Waals surface area contributed by atoms with E-state index in [-0.39, 0.29) is 22.6 Å². The Hall–Kier alpha value is -3.41. The second-order valence-electron chi connectivity index (χ2n) is 4.17. The van der Waals surface area contributed by atoms with Crippen molar-refractivity contribution in [3.05, 3.63) is 51.6 Å². The molecule has 0 saturated heterocycles. The maximum Gasteiger partial charge on any atom is 0.357 e. The second-order valence-corrected chi connectivity index (χ2v) is 4.17. The molecule has 0 aliphatic heterocycles. The molecule has 0 fully saturated rings. The Bertz CT molecular complexity index is 822. The first-order valence-electron chi connectivity index (χ1n) is 5.84. The fourth-order valence-electron chi connectivity index (χ4n) is 1.91. The van der Waals surface area contributed by atoms with E-state index in [1.165, 1.54) is 12.3 Å². The zero-order chi connectivity index (χ0) is 16.4. The molecule has 0 unspecified atom stereocenters. The number of carbonyl (C=O) groups excluding carboxylic acids is 1. The lowest BCUT2D eigenvalue weighted by Crippen LogP contribution is -2.11. The summed E-state index contributed by atoms with van der Waals surface area (Å²) in [6, 6.07) is 4.84. The van der Waals surface area contributed by atoms with E-state index >= 15 is 0 Å². The Labute approximate surface area is 123 Å². The van der Waals surface area contributed by atoms with Crippen LogP contribution in [0.3, 0.4) is 0 Å². The minimum Gasteiger partial charge on any atom is -0.464 e. The zero-order valence-electron chi connectivity index (χ0n) is 11.2. The van der Waals surface area contributed by atoms with Crippen molar-refractivity contribution in [3.63, 3.8) is 0 Å². The van der Waals surface area contributed by atoms with E-state index in [0.717, 1.165) is 23.8 Å². The fraction of sp³-hybridized carbons (Fsp3) is 0.0769. The number of rotatable bonds is 3. The molecule has 1 heterocycles. The summed E-state index contributed by atoms with van der Waals surface area (Å²) >= 11 is 0. The van der Waals surface area contributed by atoms with E-state index in [2.05, 4.69) is 4.74 Å². The van der Waals surface area contributed by atoms with E-state index in [1.807, 2.05) is 0 Å². The zero-order valence-corrected chi connectivity index (χ0v) is 11.2. The number of esters is 1. The normalized spacial score (nSPS) is 10.0. The van der Waals surface area contributed by atoms with E-state index < -0.39 is 22.4 Å². The number of aromatic nitrogens is 1. The van der Waals surface area contributed by atoms with Crippen molar-refractivity contribution in [1.29, 1.82) is 5.26 Å². The van der Waals surface area contributed by atoms with Crippen molar-refractivity contribution < 1.29 is 18.8 Å². The van der Waals surface area contributed by atoms with Crippen molar-refractivity contribution in [1.82, 2.24) is 4.57 Å². The van der Waals surface area contributed by atoms with Gasteiger partial charge in [-0.2, -0.15) is 9.65 Å². The van der Waals surface area contributed by atoms with Crippen molar-refractivity contribution in [2.45, 2.75) is 0 Å². The monoisotopic (exact) mass is 304 g/mol. The first kappa shape index (κ1) is 15.0. The summed E-state index contributed by atoms with van der Waals surface area (Å²) in [6.45, 7) is 0. The number of nitrogens with zero attached hydrogens (tertiary/aromatic N) is 3. The quantitative estimate of drug-likeness (QED) is 0.523.